The number of fused-ring (bicyclic) bond motifs is 2. The molecule has 1 amide bonds. The second-order valence-electron chi connectivity index (χ2n) is 17.5. The normalized spacial score (nSPS) is 22.1. The van der Waals surface area contributed by atoms with E-state index in [-0.39, 0.29) is 69.6 Å². The number of amides is 1. The number of carbonyl (C=O) groups excluding carboxylic acids is 1. The van der Waals surface area contributed by atoms with Gasteiger partial charge in [0.2, 0.25) is 5.79 Å². The molecule has 0 bridgehead atoms. The summed E-state index contributed by atoms with van der Waals surface area (Å²) in [6, 6.07) is 39.2. The number of aliphatic hydroxyl groups is 2. The standard InChI is InChI=1S/C56H61FN2O8/c1-3-33-64-56-52(59(55(62)63-4-2)37-39-21-25-44(57)26-22-39)36-50(58-65-38-40-15-7-5-8-16-40)48-34-43(19-11-13-31-60)47(20-12-14-32-61)53(54(48)56)49-35-46(29-30-51(49)67-56)66-45-27-23-42(24-28-45)41-17-9-6-10-18-41/h3,5-10,15-18,21-30,34-35,43,47,52-54,60-61H,1,4,11-14,19-20,31-33,36-38H2,2H3/t43-,47+,52-,53+,54+,56+/m0/s1. The molecule has 350 valence electrons. The highest BCUT2D eigenvalue weighted by Crippen LogP contribution is 2.62. The number of hydrogen-bond acceptors (Lipinski definition) is 9. The van der Waals surface area contributed by atoms with Crippen molar-refractivity contribution in [3.05, 3.63) is 174 Å². The van der Waals surface area contributed by atoms with Crippen molar-refractivity contribution >= 4 is 11.8 Å². The van der Waals surface area contributed by atoms with Crippen molar-refractivity contribution in [2.24, 2.45) is 22.9 Å². The lowest BCUT2D eigenvalue weighted by Crippen LogP contribution is -2.70. The Bertz CT molecular complexity index is 2460. The highest BCUT2D eigenvalue weighted by Gasteiger charge is 2.65. The molecule has 3 aliphatic rings. The largest absolute Gasteiger partial charge is 0.459 e. The number of nitrogens with zero attached hydrogens (tertiary/aromatic N) is 2. The van der Waals surface area contributed by atoms with E-state index >= 15 is 0 Å². The molecule has 5 aromatic carbocycles. The smallest absolute Gasteiger partial charge is 0.410 e. The lowest BCUT2D eigenvalue weighted by atomic mass is 9.55. The summed E-state index contributed by atoms with van der Waals surface area (Å²) in [5.74, 6) is -0.764. The van der Waals surface area contributed by atoms with Gasteiger partial charge in [-0.3, -0.25) is 4.90 Å². The predicted molar refractivity (Wildman–Crippen MR) is 257 cm³/mol. The van der Waals surface area contributed by atoms with Crippen LogP contribution in [-0.2, 0) is 27.5 Å². The van der Waals surface area contributed by atoms with Crippen LogP contribution in [-0.4, -0.2) is 65.2 Å². The van der Waals surface area contributed by atoms with E-state index in [1.54, 1.807) is 30.0 Å². The summed E-state index contributed by atoms with van der Waals surface area (Å²) in [7, 11) is 0. The van der Waals surface area contributed by atoms with Crippen LogP contribution in [0.25, 0.3) is 11.1 Å². The summed E-state index contributed by atoms with van der Waals surface area (Å²) < 4.78 is 41.3. The molecular weight excluding hydrogens is 848 g/mol. The van der Waals surface area contributed by atoms with Crippen LogP contribution in [0.3, 0.4) is 0 Å². The second-order valence-corrected chi connectivity index (χ2v) is 17.5. The van der Waals surface area contributed by atoms with Crippen LogP contribution < -0.4 is 9.47 Å². The lowest BCUT2D eigenvalue weighted by Gasteiger charge is -2.59. The number of ether oxygens (including phenoxy) is 4. The second kappa shape index (κ2) is 22.5. The van der Waals surface area contributed by atoms with Crippen molar-refractivity contribution in [3.8, 4) is 28.4 Å². The maximum atomic E-state index is 14.5. The zero-order valence-electron chi connectivity index (χ0n) is 38.2. The van der Waals surface area contributed by atoms with E-state index in [0.717, 1.165) is 53.5 Å². The van der Waals surface area contributed by atoms with Gasteiger partial charge in [0.25, 0.3) is 0 Å². The van der Waals surface area contributed by atoms with Gasteiger partial charge in [0.15, 0.2) is 0 Å². The number of benzene rings is 5. The highest BCUT2D eigenvalue weighted by molar-refractivity contribution is 6.03. The van der Waals surface area contributed by atoms with Crippen LogP contribution in [0, 0.1) is 23.6 Å². The summed E-state index contributed by atoms with van der Waals surface area (Å²) in [6.45, 7) is 6.47. The van der Waals surface area contributed by atoms with Gasteiger partial charge >= 0.3 is 6.09 Å². The van der Waals surface area contributed by atoms with E-state index < -0.39 is 23.8 Å². The van der Waals surface area contributed by atoms with Gasteiger partial charge in [-0.1, -0.05) is 115 Å². The highest BCUT2D eigenvalue weighted by atomic mass is 19.1. The quantitative estimate of drug-likeness (QED) is 0.0424. The molecule has 0 spiro atoms. The third-order valence-electron chi connectivity index (χ3n) is 13.2. The zero-order chi connectivity index (χ0) is 46.6. The lowest BCUT2D eigenvalue weighted by molar-refractivity contribution is -0.256. The minimum Gasteiger partial charge on any atom is -0.459 e. The van der Waals surface area contributed by atoms with Crippen molar-refractivity contribution in [3.63, 3.8) is 0 Å². The summed E-state index contributed by atoms with van der Waals surface area (Å²) in [5, 5.41) is 25.0. The Balaban J connectivity index is 1.30. The van der Waals surface area contributed by atoms with Crippen LogP contribution in [0.15, 0.2) is 157 Å². The van der Waals surface area contributed by atoms with Crippen LogP contribution >= 0.6 is 0 Å². The Morgan fingerprint density at radius 1 is 0.851 bits per heavy atom. The molecule has 10 nitrogen and oxygen atoms in total. The minimum absolute atomic E-state index is 0.00661. The molecule has 1 heterocycles. The summed E-state index contributed by atoms with van der Waals surface area (Å²) in [5.41, 5.74) is 6.32. The number of rotatable bonds is 21. The number of allylic oxidation sites excluding steroid dienone is 1. The molecule has 5 aromatic rings. The van der Waals surface area contributed by atoms with Gasteiger partial charge in [-0.2, -0.15) is 0 Å². The maximum Gasteiger partial charge on any atom is 0.410 e. The Kier molecular flexibility index (Phi) is 15.8. The van der Waals surface area contributed by atoms with Gasteiger partial charge in [-0.15, -0.1) is 6.58 Å². The van der Waals surface area contributed by atoms with Gasteiger partial charge < -0.3 is 34.0 Å². The number of halogens is 1. The first-order valence-electron chi connectivity index (χ1n) is 23.6. The van der Waals surface area contributed by atoms with Crippen LogP contribution in [0.5, 0.6) is 17.2 Å². The first kappa shape index (κ1) is 47.2. The monoisotopic (exact) mass is 908 g/mol. The number of aliphatic hydroxyl groups excluding tert-OH is 2. The Labute approximate surface area is 393 Å². The molecule has 2 N–H and O–H groups in total. The van der Waals surface area contributed by atoms with Crippen LogP contribution in [0.1, 0.15) is 74.5 Å². The van der Waals surface area contributed by atoms with Crippen molar-refractivity contribution < 1.29 is 43.2 Å². The first-order chi connectivity index (χ1) is 32.8. The van der Waals surface area contributed by atoms with E-state index in [9.17, 15) is 19.4 Å². The molecule has 6 atom stereocenters. The average molecular weight is 909 g/mol. The van der Waals surface area contributed by atoms with Crippen molar-refractivity contribution in [1.29, 1.82) is 0 Å². The third kappa shape index (κ3) is 10.8. The molecule has 67 heavy (non-hydrogen) atoms. The van der Waals surface area contributed by atoms with E-state index in [4.69, 9.17) is 28.9 Å². The molecule has 0 saturated heterocycles. The van der Waals surface area contributed by atoms with E-state index in [2.05, 4.69) is 30.9 Å². The number of unbranched alkanes of at least 4 members (excludes halogenated alkanes) is 2. The Morgan fingerprint density at radius 2 is 1.54 bits per heavy atom. The number of hydrogen-bond donors (Lipinski definition) is 2. The van der Waals surface area contributed by atoms with Gasteiger partial charge in [0.05, 0.1) is 24.8 Å². The van der Waals surface area contributed by atoms with E-state index in [1.165, 1.54) is 12.1 Å². The molecule has 8 rings (SSSR count). The van der Waals surface area contributed by atoms with Crippen molar-refractivity contribution in [2.45, 2.75) is 82.8 Å². The SMILES string of the molecule is C=CCO[C@@]12Oc3ccc(Oc4ccc(-c5ccccc5)cc4)cc3[C@H]3[C@H](CCCCO)[C@@H](CCCCO)C=C(C(=NOCc4ccccc4)C[C@@H]1N(Cc1ccc(F)cc1)C(=O)OCC)[C@H]32. The van der Waals surface area contributed by atoms with Gasteiger partial charge in [-0.05, 0) is 115 Å². The van der Waals surface area contributed by atoms with Gasteiger partial charge in [-0.25, -0.2) is 9.18 Å². The molecule has 1 aliphatic heterocycles. The molecule has 0 aromatic heterocycles. The summed E-state index contributed by atoms with van der Waals surface area (Å²) in [6.07, 6.45) is 8.03. The summed E-state index contributed by atoms with van der Waals surface area (Å²) >= 11 is 0. The third-order valence-corrected chi connectivity index (χ3v) is 13.2. The molecule has 11 heteroatoms. The maximum absolute atomic E-state index is 14.5. The molecule has 2 aliphatic carbocycles. The van der Waals surface area contributed by atoms with Crippen LogP contribution in [0.4, 0.5) is 9.18 Å². The topological polar surface area (TPSA) is 119 Å². The number of carbonyl (C=O) groups is 1. The van der Waals surface area contributed by atoms with Gasteiger partial charge in [0, 0.05) is 37.7 Å². The predicted octanol–water partition coefficient (Wildman–Crippen LogP) is 11.8. The molecule has 1 saturated carbocycles. The average Bonchev–Trinajstić information content (AvgIpc) is 3.35. The van der Waals surface area contributed by atoms with E-state index in [0.29, 0.717) is 41.4 Å². The first-order valence-corrected chi connectivity index (χ1v) is 23.6. The Hall–Kier alpha value is -6.27. The molecular formula is C56H61FN2O8. The zero-order valence-corrected chi connectivity index (χ0v) is 38.2. The fraction of sp³-hybridized carbons (Fsp3) is 0.357. The summed E-state index contributed by atoms with van der Waals surface area (Å²) in [4.78, 5) is 22.4. The Morgan fingerprint density at radius 3 is 2.24 bits per heavy atom. The number of oxime groups is 1. The minimum atomic E-state index is -1.51. The van der Waals surface area contributed by atoms with E-state index in [1.807, 2.05) is 84.9 Å². The van der Waals surface area contributed by atoms with Crippen molar-refractivity contribution in [1.82, 2.24) is 4.90 Å². The molecule has 0 radical (unpaired) electrons. The fourth-order valence-corrected chi connectivity index (χ4v) is 10.2. The van der Waals surface area contributed by atoms with Crippen LogP contribution in [0.2, 0.25) is 0 Å². The molecule has 1 fully saturated rings. The molecule has 0 unspecified atom stereocenters. The van der Waals surface area contributed by atoms with Gasteiger partial charge in [0.1, 0.15) is 35.7 Å². The fourth-order valence-electron chi connectivity index (χ4n) is 10.2. The van der Waals surface area contributed by atoms with Crippen molar-refractivity contribution in [2.75, 3.05) is 26.4 Å².